The van der Waals surface area contributed by atoms with Gasteiger partial charge in [-0.3, -0.25) is 0 Å². The molecule has 2 heteroatoms. The summed E-state index contributed by atoms with van der Waals surface area (Å²) < 4.78 is -0.261. The van der Waals surface area contributed by atoms with Gasteiger partial charge in [0.15, 0.2) is 0 Å². The van der Waals surface area contributed by atoms with E-state index in [1.54, 1.807) is 0 Å². The molecule has 3 atom stereocenters. The lowest BCUT2D eigenvalue weighted by atomic mass is 9.91. The van der Waals surface area contributed by atoms with Gasteiger partial charge in [0.2, 0.25) is 0 Å². The van der Waals surface area contributed by atoms with Crippen molar-refractivity contribution >= 4 is 15.9 Å². The second kappa shape index (κ2) is 4.46. The Morgan fingerprint density at radius 1 is 1.00 bits per heavy atom. The van der Waals surface area contributed by atoms with Crippen LogP contribution in [0.15, 0.2) is 60.7 Å². The maximum atomic E-state index is 10.7. The monoisotopic (exact) mass is 316 g/mol. The van der Waals surface area contributed by atoms with E-state index in [2.05, 4.69) is 47.1 Å². The van der Waals surface area contributed by atoms with Crippen LogP contribution in [0.1, 0.15) is 30.6 Å². The molecule has 1 aliphatic rings. The summed E-state index contributed by atoms with van der Waals surface area (Å²) >= 11 is 3.80. The van der Waals surface area contributed by atoms with Crippen molar-refractivity contribution in [2.24, 2.45) is 0 Å². The molecule has 0 heterocycles. The standard InChI is InChI=1S/C17H17BrO/c1-16(14-10-6-3-7-11-14)12-17(16,18)15(19)13-8-4-2-5-9-13/h2-11,15,19H,12H2,1H3/t15-,16+,17+/m0/s1. The molecule has 2 aromatic rings. The first-order chi connectivity index (χ1) is 9.08. The molecule has 0 unspecified atom stereocenters. The van der Waals surface area contributed by atoms with E-state index < -0.39 is 6.10 Å². The van der Waals surface area contributed by atoms with E-state index in [-0.39, 0.29) is 9.74 Å². The molecule has 1 N–H and O–H groups in total. The van der Waals surface area contributed by atoms with Crippen LogP contribution in [0.25, 0.3) is 0 Å². The normalized spacial score (nSPS) is 30.9. The van der Waals surface area contributed by atoms with E-state index in [1.807, 2.05) is 36.4 Å². The molecule has 1 aliphatic carbocycles. The van der Waals surface area contributed by atoms with Crippen LogP contribution >= 0.6 is 15.9 Å². The Hall–Kier alpha value is -1.12. The summed E-state index contributed by atoms with van der Waals surface area (Å²) in [6.45, 7) is 2.21. The van der Waals surface area contributed by atoms with Crippen molar-refractivity contribution in [3.05, 3.63) is 71.8 Å². The minimum absolute atomic E-state index is 0.0104. The Kier molecular flexibility index (Phi) is 3.03. The molecule has 0 aromatic heterocycles. The number of aliphatic hydroxyl groups excluding tert-OH is 1. The van der Waals surface area contributed by atoms with Crippen molar-refractivity contribution in [3.8, 4) is 0 Å². The van der Waals surface area contributed by atoms with Crippen LogP contribution in [0.5, 0.6) is 0 Å². The fraction of sp³-hybridized carbons (Fsp3) is 0.294. The molecule has 3 rings (SSSR count). The van der Waals surface area contributed by atoms with Crippen LogP contribution < -0.4 is 0 Å². The average Bonchev–Trinajstić information content (AvgIpc) is 3.05. The highest BCUT2D eigenvalue weighted by Crippen LogP contribution is 2.68. The lowest BCUT2D eigenvalue weighted by molar-refractivity contribution is 0.161. The molecule has 0 amide bonds. The Bertz CT molecular complexity index is 568. The highest BCUT2D eigenvalue weighted by atomic mass is 79.9. The Labute approximate surface area is 122 Å². The molecule has 0 bridgehead atoms. The summed E-state index contributed by atoms with van der Waals surface area (Å²) in [5, 5.41) is 10.7. The van der Waals surface area contributed by atoms with Gasteiger partial charge in [0.25, 0.3) is 0 Å². The number of hydrogen-bond acceptors (Lipinski definition) is 1. The van der Waals surface area contributed by atoms with Crippen LogP contribution in [0, 0.1) is 0 Å². The second-order valence-corrected chi connectivity index (χ2v) is 6.97. The average molecular weight is 317 g/mol. The van der Waals surface area contributed by atoms with Crippen LogP contribution in [-0.2, 0) is 5.41 Å². The maximum Gasteiger partial charge on any atom is 0.0951 e. The zero-order chi connectivity index (χ0) is 13.5. The van der Waals surface area contributed by atoms with Gasteiger partial charge in [0.1, 0.15) is 0 Å². The molecule has 1 fully saturated rings. The van der Waals surface area contributed by atoms with Crippen LogP contribution in [0.2, 0.25) is 0 Å². The number of hydrogen-bond donors (Lipinski definition) is 1. The molecule has 0 radical (unpaired) electrons. The third kappa shape index (κ3) is 1.94. The largest absolute Gasteiger partial charge is 0.387 e. The first-order valence-corrected chi connectivity index (χ1v) is 7.35. The van der Waals surface area contributed by atoms with Crippen molar-refractivity contribution in [2.75, 3.05) is 0 Å². The van der Waals surface area contributed by atoms with Crippen molar-refractivity contribution in [1.29, 1.82) is 0 Å². The van der Waals surface area contributed by atoms with Gasteiger partial charge in [-0.15, -0.1) is 0 Å². The molecule has 0 aliphatic heterocycles. The quantitative estimate of drug-likeness (QED) is 0.841. The Morgan fingerprint density at radius 3 is 2.11 bits per heavy atom. The van der Waals surface area contributed by atoms with Gasteiger partial charge in [-0.2, -0.15) is 0 Å². The summed E-state index contributed by atoms with van der Waals surface area (Å²) in [4.78, 5) is 0. The first-order valence-electron chi connectivity index (χ1n) is 6.55. The maximum absolute atomic E-state index is 10.7. The second-order valence-electron chi connectivity index (χ2n) is 5.55. The molecule has 1 nitrogen and oxygen atoms in total. The van der Waals surface area contributed by atoms with Gasteiger partial charge in [-0.1, -0.05) is 83.5 Å². The highest BCUT2D eigenvalue weighted by molar-refractivity contribution is 9.10. The van der Waals surface area contributed by atoms with Gasteiger partial charge in [0, 0.05) is 5.41 Å². The van der Waals surface area contributed by atoms with Crippen molar-refractivity contribution in [2.45, 2.75) is 29.2 Å². The molecule has 2 aromatic carbocycles. The van der Waals surface area contributed by atoms with E-state index in [9.17, 15) is 5.11 Å². The fourth-order valence-corrected chi connectivity index (χ4v) is 3.97. The topological polar surface area (TPSA) is 20.2 Å². The number of rotatable bonds is 3. The highest BCUT2D eigenvalue weighted by Gasteiger charge is 2.67. The summed E-state index contributed by atoms with van der Waals surface area (Å²) in [7, 11) is 0. The van der Waals surface area contributed by atoms with E-state index in [4.69, 9.17) is 0 Å². The van der Waals surface area contributed by atoms with Gasteiger partial charge in [-0.25, -0.2) is 0 Å². The Morgan fingerprint density at radius 2 is 1.53 bits per heavy atom. The van der Waals surface area contributed by atoms with Crippen LogP contribution in [0.4, 0.5) is 0 Å². The minimum Gasteiger partial charge on any atom is -0.387 e. The van der Waals surface area contributed by atoms with E-state index in [1.165, 1.54) is 5.56 Å². The molecule has 0 saturated heterocycles. The van der Waals surface area contributed by atoms with E-state index in [0.717, 1.165) is 12.0 Å². The zero-order valence-electron chi connectivity index (χ0n) is 10.9. The van der Waals surface area contributed by atoms with Crippen molar-refractivity contribution in [3.63, 3.8) is 0 Å². The first kappa shape index (κ1) is 12.9. The molecule has 1 saturated carbocycles. The Balaban J connectivity index is 1.91. The van der Waals surface area contributed by atoms with Gasteiger partial charge in [0.05, 0.1) is 10.4 Å². The lowest BCUT2D eigenvalue weighted by Crippen LogP contribution is -2.23. The number of halogens is 1. The third-order valence-electron chi connectivity index (χ3n) is 4.36. The van der Waals surface area contributed by atoms with Gasteiger partial charge in [-0.05, 0) is 17.5 Å². The van der Waals surface area contributed by atoms with Gasteiger partial charge < -0.3 is 5.11 Å². The van der Waals surface area contributed by atoms with E-state index in [0.29, 0.717) is 0 Å². The summed E-state index contributed by atoms with van der Waals surface area (Å²) in [6.07, 6.45) is 0.457. The van der Waals surface area contributed by atoms with Gasteiger partial charge >= 0.3 is 0 Å². The molecule has 19 heavy (non-hydrogen) atoms. The smallest absolute Gasteiger partial charge is 0.0951 e. The third-order valence-corrected chi connectivity index (χ3v) is 5.95. The van der Waals surface area contributed by atoms with Crippen LogP contribution in [0.3, 0.4) is 0 Å². The van der Waals surface area contributed by atoms with Crippen molar-refractivity contribution < 1.29 is 5.11 Å². The van der Waals surface area contributed by atoms with E-state index >= 15 is 0 Å². The molecule has 98 valence electrons. The molecular formula is C17H17BrO. The summed E-state index contributed by atoms with van der Waals surface area (Å²) in [5.74, 6) is 0. The van der Waals surface area contributed by atoms with Crippen molar-refractivity contribution in [1.82, 2.24) is 0 Å². The zero-order valence-corrected chi connectivity index (χ0v) is 12.5. The number of aliphatic hydroxyl groups is 1. The lowest BCUT2D eigenvalue weighted by Gasteiger charge is -2.23. The SMILES string of the molecule is C[C@]1(c2ccccc2)C[C@@]1(Br)[C@@H](O)c1ccccc1. The minimum atomic E-state index is -0.487. The molecular weight excluding hydrogens is 300 g/mol. The number of benzene rings is 2. The predicted molar refractivity (Wildman–Crippen MR) is 81.5 cm³/mol. The number of alkyl halides is 1. The van der Waals surface area contributed by atoms with Crippen LogP contribution in [-0.4, -0.2) is 9.43 Å². The fourth-order valence-electron chi connectivity index (χ4n) is 2.92. The summed E-state index contributed by atoms with van der Waals surface area (Å²) in [6, 6.07) is 20.3. The predicted octanol–water partition coefficient (Wildman–Crippen LogP) is 4.22. The summed E-state index contributed by atoms with van der Waals surface area (Å²) in [5.41, 5.74) is 2.24. The molecule has 0 spiro atoms.